The fourth-order valence-electron chi connectivity index (χ4n) is 4.21. The lowest BCUT2D eigenvalue weighted by atomic mass is 10.1. The summed E-state index contributed by atoms with van der Waals surface area (Å²) in [5.41, 5.74) is 2.72. The topological polar surface area (TPSA) is 38.1 Å². The summed E-state index contributed by atoms with van der Waals surface area (Å²) in [5.74, 6) is -0.777. The Morgan fingerprint density at radius 3 is 2.55 bits per heavy atom. The van der Waals surface area contributed by atoms with Crippen LogP contribution in [0.4, 0.5) is 4.39 Å². The molecule has 0 spiro atoms. The summed E-state index contributed by atoms with van der Waals surface area (Å²) in [6.45, 7) is 7.09. The molecule has 0 bridgehead atoms. The Hall–Kier alpha value is -1.95. The molecule has 0 saturated carbocycles. The predicted molar refractivity (Wildman–Crippen MR) is 115 cm³/mol. The van der Waals surface area contributed by atoms with Crippen LogP contribution in [0.15, 0.2) is 30.3 Å². The van der Waals surface area contributed by atoms with E-state index in [4.69, 9.17) is 23.2 Å². The first-order chi connectivity index (χ1) is 13.7. The van der Waals surface area contributed by atoms with Crippen molar-refractivity contribution in [3.8, 4) is 0 Å². The van der Waals surface area contributed by atoms with E-state index in [2.05, 4.69) is 16.9 Å². The highest BCUT2D eigenvalue weighted by Gasteiger charge is 2.30. The van der Waals surface area contributed by atoms with Gasteiger partial charge in [0.15, 0.2) is 5.78 Å². The number of benzene rings is 2. The van der Waals surface area contributed by atoms with Crippen LogP contribution in [0.25, 0.3) is 10.9 Å². The van der Waals surface area contributed by atoms with Gasteiger partial charge in [-0.15, -0.1) is 0 Å². The summed E-state index contributed by atoms with van der Waals surface area (Å²) in [6.07, 6.45) is 0.908. The van der Waals surface area contributed by atoms with Crippen molar-refractivity contribution in [2.24, 2.45) is 0 Å². The van der Waals surface area contributed by atoms with Crippen LogP contribution < -0.4 is 0 Å². The van der Waals surface area contributed by atoms with Crippen LogP contribution in [0.1, 0.15) is 54.0 Å². The standard InChI is InChI=1S/C22H22Cl2FN3O/c1-12-19-9-20(14(3)29)21(25)10-22(19)28(26-12)18-4-5-27(11-18)13(2)15-6-16(23)8-17(24)7-15/h6-10,13,18H,4-5,11H2,1-3H3/t13-,18-/m1/s1. The maximum atomic E-state index is 14.5. The largest absolute Gasteiger partial charge is 0.294 e. The van der Waals surface area contributed by atoms with Gasteiger partial charge in [-0.25, -0.2) is 4.39 Å². The molecule has 0 unspecified atom stereocenters. The molecule has 2 heterocycles. The van der Waals surface area contributed by atoms with Gasteiger partial charge in [-0.05, 0) is 57.0 Å². The third-order valence-corrected chi connectivity index (χ3v) is 6.25. The van der Waals surface area contributed by atoms with Gasteiger partial charge in [-0.3, -0.25) is 14.4 Å². The Labute approximate surface area is 179 Å². The fraction of sp³-hybridized carbons (Fsp3) is 0.364. The van der Waals surface area contributed by atoms with E-state index in [1.807, 2.05) is 23.7 Å². The van der Waals surface area contributed by atoms with Crippen LogP contribution in [0.2, 0.25) is 10.0 Å². The summed E-state index contributed by atoms with van der Waals surface area (Å²) in [7, 11) is 0. The zero-order valence-electron chi connectivity index (χ0n) is 16.5. The lowest BCUT2D eigenvalue weighted by molar-refractivity contribution is 0.101. The molecule has 0 N–H and O–H groups in total. The van der Waals surface area contributed by atoms with Crippen molar-refractivity contribution >= 4 is 39.9 Å². The number of fused-ring (bicyclic) bond motifs is 1. The molecular formula is C22H22Cl2FN3O. The first-order valence-electron chi connectivity index (χ1n) is 9.64. The number of likely N-dealkylation sites (tertiary alicyclic amines) is 1. The third-order valence-electron chi connectivity index (χ3n) is 5.81. The second-order valence-electron chi connectivity index (χ2n) is 7.75. The average molecular weight is 434 g/mol. The van der Waals surface area contributed by atoms with E-state index in [1.54, 1.807) is 12.1 Å². The lowest BCUT2D eigenvalue weighted by Crippen LogP contribution is -2.25. The van der Waals surface area contributed by atoms with Gasteiger partial charge in [-0.2, -0.15) is 5.10 Å². The summed E-state index contributed by atoms with van der Waals surface area (Å²) in [6, 6.07) is 8.96. The molecule has 1 aliphatic heterocycles. The molecule has 0 aliphatic carbocycles. The van der Waals surface area contributed by atoms with Gasteiger partial charge in [0, 0.05) is 40.6 Å². The van der Waals surface area contributed by atoms with Gasteiger partial charge >= 0.3 is 0 Å². The number of halogens is 3. The van der Waals surface area contributed by atoms with Crippen LogP contribution in [0.5, 0.6) is 0 Å². The molecule has 0 amide bonds. The van der Waals surface area contributed by atoms with Crippen LogP contribution in [0, 0.1) is 12.7 Å². The normalized spacial score (nSPS) is 18.5. The zero-order chi connectivity index (χ0) is 20.9. The number of aryl methyl sites for hydroxylation is 1. The van der Waals surface area contributed by atoms with E-state index in [0.29, 0.717) is 10.0 Å². The van der Waals surface area contributed by atoms with Crippen molar-refractivity contribution in [1.29, 1.82) is 0 Å². The molecule has 1 fully saturated rings. The molecule has 7 heteroatoms. The maximum absolute atomic E-state index is 14.5. The van der Waals surface area contributed by atoms with Crippen molar-refractivity contribution in [1.82, 2.24) is 14.7 Å². The summed E-state index contributed by atoms with van der Waals surface area (Å²) >= 11 is 12.3. The van der Waals surface area contributed by atoms with E-state index in [-0.39, 0.29) is 23.4 Å². The Morgan fingerprint density at radius 2 is 1.90 bits per heavy atom. The molecule has 4 nitrogen and oxygen atoms in total. The maximum Gasteiger partial charge on any atom is 0.162 e. The number of carbonyl (C=O) groups excluding carboxylic acids is 1. The smallest absolute Gasteiger partial charge is 0.162 e. The Kier molecular flexibility index (Phi) is 5.40. The number of hydrogen-bond donors (Lipinski definition) is 0. The molecule has 0 radical (unpaired) electrons. The monoisotopic (exact) mass is 433 g/mol. The van der Waals surface area contributed by atoms with Crippen LogP contribution in [-0.4, -0.2) is 33.6 Å². The molecule has 2 atom stereocenters. The van der Waals surface area contributed by atoms with Gasteiger partial charge in [0.1, 0.15) is 5.82 Å². The molecule has 29 heavy (non-hydrogen) atoms. The first kappa shape index (κ1) is 20.3. The van der Waals surface area contributed by atoms with Crippen molar-refractivity contribution < 1.29 is 9.18 Å². The van der Waals surface area contributed by atoms with E-state index < -0.39 is 5.82 Å². The highest BCUT2D eigenvalue weighted by atomic mass is 35.5. The number of ketones is 1. The number of rotatable bonds is 4. The van der Waals surface area contributed by atoms with Gasteiger partial charge in [0.05, 0.1) is 22.8 Å². The molecule has 1 aliphatic rings. The minimum Gasteiger partial charge on any atom is -0.294 e. The van der Waals surface area contributed by atoms with Crippen molar-refractivity contribution in [2.75, 3.05) is 13.1 Å². The highest BCUT2D eigenvalue weighted by molar-refractivity contribution is 6.34. The number of nitrogens with zero attached hydrogens (tertiary/aromatic N) is 3. The Balaban J connectivity index is 1.63. The number of aromatic nitrogens is 2. The van der Waals surface area contributed by atoms with E-state index in [9.17, 15) is 9.18 Å². The minimum absolute atomic E-state index is 0.111. The third kappa shape index (κ3) is 3.79. The Morgan fingerprint density at radius 1 is 1.21 bits per heavy atom. The zero-order valence-corrected chi connectivity index (χ0v) is 18.1. The first-order valence-corrected chi connectivity index (χ1v) is 10.4. The van der Waals surface area contributed by atoms with Crippen molar-refractivity contribution in [3.63, 3.8) is 0 Å². The number of Topliss-reactive ketones (excluding diaryl/α,β-unsaturated/α-hetero) is 1. The van der Waals surface area contributed by atoms with E-state index in [0.717, 1.165) is 41.7 Å². The SMILES string of the molecule is CC(=O)c1cc2c(C)nn([C@@H]3CCN([C@H](C)c4cc(Cl)cc(Cl)c4)C3)c2cc1F. The molecule has 152 valence electrons. The average Bonchev–Trinajstić information content (AvgIpc) is 3.24. The number of hydrogen-bond acceptors (Lipinski definition) is 3. The van der Waals surface area contributed by atoms with Crippen molar-refractivity contribution in [3.05, 3.63) is 63.0 Å². The quantitative estimate of drug-likeness (QED) is 0.473. The fourth-order valence-corrected chi connectivity index (χ4v) is 4.75. The molecule has 2 aromatic carbocycles. The molecule has 1 aromatic heterocycles. The van der Waals surface area contributed by atoms with E-state index in [1.165, 1.54) is 13.0 Å². The Bertz CT molecular complexity index is 1090. The summed E-state index contributed by atoms with van der Waals surface area (Å²) < 4.78 is 16.4. The minimum atomic E-state index is -0.497. The number of carbonyl (C=O) groups is 1. The molecular weight excluding hydrogens is 412 g/mol. The van der Waals surface area contributed by atoms with Gasteiger partial charge < -0.3 is 0 Å². The predicted octanol–water partition coefficient (Wildman–Crippen LogP) is 6.00. The van der Waals surface area contributed by atoms with Crippen LogP contribution >= 0.6 is 23.2 Å². The summed E-state index contributed by atoms with van der Waals surface area (Å²) in [4.78, 5) is 14.0. The van der Waals surface area contributed by atoms with Crippen molar-refractivity contribution in [2.45, 2.75) is 39.3 Å². The van der Waals surface area contributed by atoms with Gasteiger partial charge in [0.2, 0.25) is 0 Å². The molecule has 4 rings (SSSR count). The van der Waals surface area contributed by atoms with Gasteiger partial charge in [-0.1, -0.05) is 23.2 Å². The lowest BCUT2D eigenvalue weighted by Gasteiger charge is -2.25. The van der Waals surface area contributed by atoms with E-state index >= 15 is 0 Å². The molecule has 1 saturated heterocycles. The van der Waals surface area contributed by atoms with Gasteiger partial charge in [0.25, 0.3) is 0 Å². The summed E-state index contributed by atoms with van der Waals surface area (Å²) in [5, 5.41) is 6.75. The molecule has 3 aromatic rings. The van der Waals surface area contributed by atoms with Crippen LogP contribution in [-0.2, 0) is 0 Å². The second-order valence-corrected chi connectivity index (χ2v) is 8.62. The second kappa shape index (κ2) is 7.71. The highest BCUT2D eigenvalue weighted by Crippen LogP contribution is 2.34. The van der Waals surface area contributed by atoms with Crippen LogP contribution in [0.3, 0.4) is 0 Å².